The van der Waals surface area contributed by atoms with Crippen molar-refractivity contribution in [2.24, 2.45) is 0 Å². The van der Waals surface area contributed by atoms with E-state index in [1.54, 1.807) is 0 Å². The zero-order chi connectivity index (χ0) is 14.1. The third-order valence-electron chi connectivity index (χ3n) is 5.28. The van der Waals surface area contributed by atoms with Gasteiger partial charge in [-0.25, -0.2) is 0 Å². The normalized spacial score (nSPS) is 36.8. The molecule has 0 aliphatic carbocycles. The largest absolute Gasteiger partial charge is 0.373 e. The number of hydrogen-bond donors (Lipinski definition) is 2. The Bertz CT molecular complexity index is 474. The summed E-state index contributed by atoms with van der Waals surface area (Å²) in [6.07, 6.45) is 3.61. The lowest BCUT2D eigenvalue weighted by molar-refractivity contribution is 0.0119. The Hall–Kier alpha value is -0.940. The summed E-state index contributed by atoms with van der Waals surface area (Å²) in [4.78, 5) is 2.58. The number of nitrogens with zero attached hydrogens (tertiary/aromatic N) is 1. The molecule has 1 aromatic rings. The highest BCUT2D eigenvalue weighted by molar-refractivity contribution is 5.22. The van der Waals surface area contributed by atoms with Crippen LogP contribution in [0.5, 0.6) is 0 Å². The van der Waals surface area contributed by atoms with E-state index in [9.17, 15) is 0 Å². The number of hydrogen-bond acceptors (Lipinski definition) is 4. The molecule has 4 heteroatoms. The Labute approximate surface area is 126 Å². The topological polar surface area (TPSA) is 36.5 Å². The van der Waals surface area contributed by atoms with Gasteiger partial charge in [-0.05, 0) is 24.8 Å². The van der Waals surface area contributed by atoms with Gasteiger partial charge in [0.2, 0.25) is 0 Å². The minimum absolute atomic E-state index is 0.118. The van der Waals surface area contributed by atoms with Crippen LogP contribution in [0, 0.1) is 0 Å². The van der Waals surface area contributed by atoms with Gasteiger partial charge in [-0.3, -0.25) is 15.8 Å². The summed E-state index contributed by atoms with van der Waals surface area (Å²) in [5.41, 5.74) is 8.15. The predicted molar refractivity (Wildman–Crippen MR) is 83.1 cm³/mol. The fourth-order valence-corrected chi connectivity index (χ4v) is 4.13. The van der Waals surface area contributed by atoms with Crippen LogP contribution in [0.2, 0.25) is 0 Å². The van der Waals surface area contributed by atoms with E-state index in [-0.39, 0.29) is 5.60 Å². The van der Waals surface area contributed by atoms with Crippen molar-refractivity contribution in [2.45, 2.75) is 36.8 Å². The SMILES string of the molecule is c1ccc(C2COC3(CCN(CC4CCNN4)C3)C2)cc1. The van der Waals surface area contributed by atoms with Gasteiger partial charge in [0, 0.05) is 38.1 Å². The Morgan fingerprint density at radius 3 is 3.00 bits per heavy atom. The smallest absolute Gasteiger partial charge is 0.0827 e. The molecule has 1 aromatic carbocycles. The van der Waals surface area contributed by atoms with E-state index in [1.807, 2.05) is 0 Å². The molecule has 2 N–H and O–H groups in total. The molecule has 0 aromatic heterocycles. The average molecular weight is 287 g/mol. The molecule has 3 heterocycles. The van der Waals surface area contributed by atoms with Crippen molar-refractivity contribution in [2.75, 3.05) is 32.8 Å². The first-order valence-corrected chi connectivity index (χ1v) is 8.23. The summed E-state index contributed by atoms with van der Waals surface area (Å²) >= 11 is 0. The zero-order valence-corrected chi connectivity index (χ0v) is 12.6. The molecular formula is C17H25N3O. The highest BCUT2D eigenvalue weighted by Gasteiger charge is 2.45. The lowest BCUT2D eigenvalue weighted by Gasteiger charge is -2.25. The van der Waals surface area contributed by atoms with Gasteiger partial charge in [0.15, 0.2) is 0 Å². The number of likely N-dealkylation sites (tertiary alicyclic amines) is 1. The molecular weight excluding hydrogens is 262 g/mol. The molecule has 114 valence electrons. The van der Waals surface area contributed by atoms with Crippen molar-refractivity contribution in [1.82, 2.24) is 15.8 Å². The quantitative estimate of drug-likeness (QED) is 0.883. The monoisotopic (exact) mass is 287 g/mol. The molecule has 1 spiro atoms. The van der Waals surface area contributed by atoms with E-state index >= 15 is 0 Å². The standard InChI is InChI=1S/C17H25N3O/c1-2-4-14(5-3-1)15-10-17(21-12-15)7-9-20(13-17)11-16-6-8-18-19-16/h1-5,15-16,18-19H,6-13H2. The number of hydrazine groups is 1. The minimum atomic E-state index is 0.118. The van der Waals surface area contributed by atoms with Gasteiger partial charge in [-0.1, -0.05) is 30.3 Å². The van der Waals surface area contributed by atoms with E-state index < -0.39 is 0 Å². The van der Waals surface area contributed by atoms with Crippen molar-refractivity contribution in [3.8, 4) is 0 Å². The molecule has 3 atom stereocenters. The van der Waals surface area contributed by atoms with Crippen LogP contribution in [-0.4, -0.2) is 49.3 Å². The molecule has 21 heavy (non-hydrogen) atoms. The maximum Gasteiger partial charge on any atom is 0.0827 e. The van der Waals surface area contributed by atoms with Crippen LogP contribution < -0.4 is 10.9 Å². The van der Waals surface area contributed by atoms with Gasteiger partial charge >= 0.3 is 0 Å². The van der Waals surface area contributed by atoms with Gasteiger partial charge < -0.3 is 4.74 Å². The Kier molecular flexibility index (Phi) is 3.71. The molecule has 0 saturated carbocycles. The molecule has 3 saturated heterocycles. The second-order valence-electron chi connectivity index (χ2n) is 6.85. The van der Waals surface area contributed by atoms with Crippen LogP contribution in [0.25, 0.3) is 0 Å². The first-order valence-electron chi connectivity index (χ1n) is 8.23. The number of rotatable bonds is 3. The first-order chi connectivity index (χ1) is 10.3. The van der Waals surface area contributed by atoms with Crippen LogP contribution in [0.4, 0.5) is 0 Å². The Morgan fingerprint density at radius 1 is 1.29 bits per heavy atom. The molecule has 3 fully saturated rings. The summed E-state index contributed by atoms with van der Waals surface area (Å²) in [6, 6.07) is 11.5. The molecule has 0 bridgehead atoms. The fraction of sp³-hybridized carbons (Fsp3) is 0.647. The minimum Gasteiger partial charge on any atom is -0.373 e. The van der Waals surface area contributed by atoms with Crippen molar-refractivity contribution >= 4 is 0 Å². The molecule has 3 aliphatic rings. The lowest BCUT2D eigenvalue weighted by atomic mass is 9.89. The molecule has 0 amide bonds. The van der Waals surface area contributed by atoms with Gasteiger partial charge in [0.1, 0.15) is 0 Å². The van der Waals surface area contributed by atoms with E-state index in [4.69, 9.17) is 4.74 Å². The molecule has 3 aliphatic heterocycles. The van der Waals surface area contributed by atoms with E-state index in [0.29, 0.717) is 12.0 Å². The third kappa shape index (κ3) is 2.86. The third-order valence-corrected chi connectivity index (χ3v) is 5.28. The summed E-state index contributed by atoms with van der Waals surface area (Å²) in [5.74, 6) is 0.581. The van der Waals surface area contributed by atoms with Gasteiger partial charge in [0.25, 0.3) is 0 Å². The van der Waals surface area contributed by atoms with Gasteiger partial charge in [-0.15, -0.1) is 0 Å². The van der Waals surface area contributed by atoms with E-state index in [0.717, 1.165) is 26.2 Å². The lowest BCUT2D eigenvalue weighted by Crippen LogP contribution is -2.41. The van der Waals surface area contributed by atoms with Crippen LogP contribution >= 0.6 is 0 Å². The fourth-order valence-electron chi connectivity index (χ4n) is 4.13. The average Bonchev–Trinajstić information content (AvgIpc) is 3.24. The zero-order valence-electron chi connectivity index (χ0n) is 12.6. The number of benzene rings is 1. The summed E-state index contributed by atoms with van der Waals surface area (Å²) < 4.78 is 6.29. The summed E-state index contributed by atoms with van der Waals surface area (Å²) in [5, 5.41) is 0. The van der Waals surface area contributed by atoms with Crippen molar-refractivity contribution < 1.29 is 4.74 Å². The van der Waals surface area contributed by atoms with E-state index in [2.05, 4.69) is 46.1 Å². The predicted octanol–water partition coefficient (Wildman–Crippen LogP) is 1.50. The van der Waals surface area contributed by atoms with Gasteiger partial charge in [-0.2, -0.15) is 0 Å². The first kappa shape index (κ1) is 13.7. The molecule has 4 nitrogen and oxygen atoms in total. The molecule has 3 unspecified atom stereocenters. The number of nitrogens with one attached hydrogen (secondary N) is 2. The van der Waals surface area contributed by atoms with Crippen LogP contribution in [-0.2, 0) is 4.74 Å². The van der Waals surface area contributed by atoms with Crippen LogP contribution in [0.1, 0.15) is 30.7 Å². The van der Waals surface area contributed by atoms with Crippen molar-refractivity contribution in [3.05, 3.63) is 35.9 Å². The number of ether oxygens (including phenoxy) is 1. The Balaban J connectivity index is 1.36. The maximum absolute atomic E-state index is 6.29. The van der Waals surface area contributed by atoms with Crippen molar-refractivity contribution in [1.29, 1.82) is 0 Å². The van der Waals surface area contributed by atoms with Crippen LogP contribution in [0.3, 0.4) is 0 Å². The Morgan fingerprint density at radius 2 is 2.19 bits per heavy atom. The van der Waals surface area contributed by atoms with Crippen LogP contribution in [0.15, 0.2) is 30.3 Å². The molecule has 4 rings (SSSR count). The second-order valence-corrected chi connectivity index (χ2v) is 6.85. The highest BCUT2D eigenvalue weighted by Crippen LogP contribution is 2.42. The van der Waals surface area contributed by atoms with E-state index in [1.165, 1.54) is 31.4 Å². The van der Waals surface area contributed by atoms with Gasteiger partial charge in [0.05, 0.1) is 12.2 Å². The molecule has 0 radical (unpaired) electrons. The summed E-state index contributed by atoms with van der Waals surface area (Å²) in [6.45, 7) is 5.42. The maximum atomic E-state index is 6.29. The second kappa shape index (κ2) is 5.69. The summed E-state index contributed by atoms with van der Waals surface area (Å²) in [7, 11) is 0. The van der Waals surface area contributed by atoms with Crippen molar-refractivity contribution in [3.63, 3.8) is 0 Å². The highest BCUT2D eigenvalue weighted by atomic mass is 16.5.